The third-order valence-corrected chi connectivity index (χ3v) is 4.82. The quantitative estimate of drug-likeness (QED) is 0.286. The van der Waals surface area contributed by atoms with Crippen LogP contribution in [0.5, 0.6) is 11.5 Å². The third-order valence-electron chi connectivity index (χ3n) is 4.82. The number of morpholine rings is 1. The number of nitrogens with one attached hydrogen (secondary N) is 2. The van der Waals surface area contributed by atoms with Crippen molar-refractivity contribution in [3.05, 3.63) is 23.8 Å². The highest BCUT2D eigenvalue weighted by Gasteiger charge is 2.23. The summed E-state index contributed by atoms with van der Waals surface area (Å²) in [6, 6.07) is 5.87. The average Bonchev–Trinajstić information content (AvgIpc) is 2.67. The van der Waals surface area contributed by atoms with Gasteiger partial charge in [-0.2, -0.15) is 0 Å². The highest BCUT2D eigenvalue weighted by molar-refractivity contribution is 14.0. The van der Waals surface area contributed by atoms with Gasteiger partial charge in [-0.1, -0.05) is 26.0 Å². The van der Waals surface area contributed by atoms with Crippen molar-refractivity contribution in [2.24, 2.45) is 10.9 Å². The van der Waals surface area contributed by atoms with E-state index in [-0.39, 0.29) is 29.7 Å². The summed E-state index contributed by atoms with van der Waals surface area (Å²) in [7, 11) is 1.55. The second kappa shape index (κ2) is 13.1. The van der Waals surface area contributed by atoms with E-state index in [1.807, 2.05) is 19.1 Å². The maximum Gasteiger partial charge on any atom is 0.191 e. The summed E-state index contributed by atoms with van der Waals surface area (Å²) in [5, 5.41) is 17.0. The molecule has 0 spiro atoms. The number of guanidine groups is 1. The molecular formula is C20H35IN4O3. The van der Waals surface area contributed by atoms with Crippen molar-refractivity contribution in [3.8, 4) is 11.5 Å². The van der Waals surface area contributed by atoms with Crippen LogP contribution in [0.1, 0.15) is 26.3 Å². The first-order valence-electron chi connectivity index (χ1n) is 9.75. The van der Waals surface area contributed by atoms with E-state index in [9.17, 15) is 5.11 Å². The topological polar surface area (TPSA) is 78.4 Å². The Bertz CT molecular complexity index is 607. The smallest absolute Gasteiger partial charge is 0.191 e. The number of hydrogen-bond acceptors (Lipinski definition) is 5. The van der Waals surface area contributed by atoms with Gasteiger partial charge in [0, 0.05) is 37.8 Å². The predicted molar refractivity (Wildman–Crippen MR) is 124 cm³/mol. The standard InChI is InChI=1S/C20H34N4O3.HI/c1-5-21-20(22-13-16-7-6-8-18(26-4)19(16)25)23-14-17(15(2)3)24-9-11-27-12-10-24;/h6-8,15,17,25H,5,9-14H2,1-4H3,(H2,21,22,23);1H. The van der Waals surface area contributed by atoms with E-state index in [0.717, 1.165) is 50.9 Å². The molecule has 1 aromatic rings. The normalized spacial score (nSPS) is 16.4. The van der Waals surface area contributed by atoms with Gasteiger partial charge in [0.2, 0.25) is 0 Å². The van der Waals surface area contributed by atoms with Crippen molar-refractivity contribution in [1.82, 2.24) is 15.5 Å². The zero-order valence-electron chi connectivity index (χ0n) is 17.4. The predicted octanol–water partition coefficient (Wildman–Crippen LogP) is 2.43. The molecule has 1 aliphatic rings. The lowest BCUT2D eigenvalue weighted by Gasteiger charge is -2.37. The zero-order valence-corrected chi connectivity index (χ0v) is 19.7. The van der Waals surface area contributed by atoms with Gasteiger partial charge in [0.05, 0.1) is 26.9 Å². The number of halogens is 1. The minimum Gasteiger partial charge on any atom is -0.504 e. The van der Waals surface area contributed by atoms with Crippen LogP contribution in [0.25, 0.3) is 0 Å². The molecule has 1 heterocycles. The van der Waals surface area contributed by atoms with E-state index < -0.39 is 0 Å². The summed E-state index contributed by atoms with van der Waals surface area (Å²) in [5.74, 6) is 1.89. The Labute approximate surface area is 185 Å². The highest BCUT2D eigenvalue weighted by atomic mass is 127. The number of nitrogens with zero attached hydrogens (tertiary/aromatic N) is 2. The number of methoxy groups -OCH3 is 1. The molecule has 2 rings (SSSR count). The third kappa shape index (κ3) is 7.29. The van der Waals surface area contributed by atoms with E-state index in [2.05, 4.69) is 34.4 Å². The van der Waals surface area contributed by atoms with Gasteiger partial charge in [0.1, 0.15) is 0 Å². The van der Waals surface area contributed by atoms with Crippen molar-refractivity contribution in [2.45, 2.75) is 33.4 Å². The summed E-state index contributed by atoms with van der Waals surface area (Å²) in [6.45, 7) is 12.0. The number of aliphatic imine (C=N–C) groups is 1. The molecule has 1 aromatic carbocycles. The summed E-state index contributed by atoms with van der Waals surface area (Å²) >= 11 is 0. The van der Waals surface area contributed by atoms with Crippen LogP contribution in [0.3, 0.4) is 0 Å². The Balaban J connectivity index is 0.00000392. The first-order chi connectivity index (χ1) is 13.1. The summed E-state index contributed by atoms with van der Waals surface area (Å²) in [5.41, 5.74) is 0.736. The molecule has 1 atom stereocenters. The van der Waals surface area contributed by atoms with Gasteiger partial charge in [-0.25, -0.2) is 4.99 Å². The zero-order chi connectivity index (χ0) is 19.6. The van der Waals surface area contributed by atoms with Gasteiger partial charge in [-0.05, 0) is 18.9 Å². The van der Waals surface area contributed by atoms with Gasteiger partial charge in [0.15, 0.2) is 17.5 Å². The van der Waals surface area contributed by atoms with E-state index in [1.165, 1.54) is 0 Å². The van der Waals surface area contributed by atoms with Crippen LogP contribution in [-0.2, 0) is 11.3 Å². The first-order valence-corrected chi connectivity index (χ1v) is 9.75. The van der Waals surface area contributed by atoms with Gasteiger partial charge < -0.3 is 25.2 Å². The fourth-order valence-electron chi connectivity index (χ4n) is 3.26. The monoisotopic (exact) mass is 506 g/mol. The van der Waals surface area contributed by atoms with E-state index in [0.29, 0.717) is 24.3 Å². The maximum absolute atomic E-state index is 10.2. The summed E-state index contributed by atoms with van der Waals surface area (Å²) < 4.78 is 10.6. The molecule has 1 aliphatic heterocycles. The Morgan fingerprint density at radius 2 is 2.00 bits per heavy atom. The van der Waals surface area contributed by atoms with Crippen LogP contribution >= 0.6 is 24.0 Å². The Hall–Kier alpha value is -1.26. The molecule has 0 saturated carbocycles. The number of para-hydroxylation sites is 1. The molecule has 8 heteroatoms. The van der Waals surface area contributed by atoms with Crippen molar-refractivity contribution < 1.29 is 14.6 Å². The van der Waals surface area contributed by atoms with Crippen molar-refractivity contribution in [2.75, 3.05) is 46.5 Å². The minimum absolute atomic E-state index is 0. The van der Waals surface area contributed by atoms with Gasteiger partial charge in [0.25, 0.3) is 0 Å². The second-order valence-corrected chi connectivity index (χ2v) is 7.00. The summed E-state index contributed by atoms with van der Waals surface area (Å²) in [6.07, 6.45) is 0. The Morgan fingerprint density at radius 3 is 2.61 bits per heavy atom. The number of phenolic OH excluding ortho intramolecular Hbond substituents is 1. The van der Waals surface area contributed by atoms with Crippen LogP contribution in [0, 0.1) is 5.92 Å². The largest absolute Gasteiger partial charge is 0.504 e. The lowest BCUT2D eigenvalue weighted by Crippen LogP contribution is -2.52. The van der Waals surface area contributed by atoms with Crippen LogP contribution in [0.4, 0.5) is 0 Å². The SMILES string of the molecule is CCNC(=NCc1cccc(OC)c1O)NCC(C(C)C)N1CCOCC1.I. The fourth-order valence-corrected chi connectivity index (χ4v) is 3.26. The molecule has 0 amide bonds. The first kappa shape index (κ1) is 24.8. The van der Waals surface area contributed by atoms with Crippen LogP contribution in [0.2, 0.25) is 0 Å². The van der Waals surface area contributed by atoms with E-state index >= 15 is 0 Å². The molecule has 3 N–H and O–H groups in total. The maximum atomic E-state index is 10.2. The lowest BCUT2D eigenvalue weighted by molar-refractivity contribution is 0.00752. The summed E-state index contributed by atoms with van der Waals surface area (Å²) in [4.78, 5) is 7.12. The minimum atomic E-state index is 0. The van der Waals surface area contributed by atoms with Crippen LogP contribution in [-0.4, -0.2) is 68.5 Å². The molecule has 0 aliphatic carbocycles. The van der Waals surface area contributed by atoms with Gasteiger partial charge >= 0.3 is 0 Å². The number of rotatable bonds is 8. The number of benzene rings is 1. The van der Waals surface area contributed by atoms with Crippen molar-refractivity contribution in [1.29, 1.82) is 0 Å². The number of phenols is 1. The highest BCUT2D eigenvalue weighted by Crippen LogP contribution is 2.29. The van der Waals surface area contributed by atoms with Crippen LogP contribution < -0.4 is 15.4 Å². The lowest BCUT2D eigenvalue weighted by atomic mass is 10.0. The average molecular weight is 506 g/mol. The molecule has 1 unspecified atom stereocenters. The molecule has 28 heavy (non-hydrogen) atoms. The van der Waals surface area contributed by atoms with E-state index in [4.69, 9.17) is 9.47 Å². The molecule has 1 fully saturated rings. The Kier molecular flexibility index (Phi) is 11.6. The molecule has 0 radical (unpaired) electrons. The fraction of sp³-hybridized carbons (Fsp3) is 0.650. The molecule has 1 saturated heterocycles. The number of hydrogen-bond donors (Lipinski definition) is 3. The van der Waals surface area contributed by atoms with Gasteiger partial charge in [-0.3, -0.25) is 4.90 Å². The molecule has 160 valence electrons. The van der Waals surface area contributed by atoms with E-state index in [1.54, 1.807) is 13.2 Å². The number of aromatic hydroxyl groups is 1. The van der Waals surface area contributed by atoms with Gasteiger partial charge in [-0.15, -0.1) is 24.0 Å². The molecule has 7 nitrogen and oxygen atoms in total. The molecule has 0 bridgehead atoms. The second-order valence-electron chi connectivity index (χ2n) is 7.00. The molecular weight excluding hydrogens is 471 g/mol. The van der Waals surface area contributed by atoms with Crippen molar-refractivity contribution >= 4 is 29.9 Å². The number of ether oxygens (including phenoxy) is 2. The molecule has 0 aromatic heterocycles. The Morgan fingerprint density at radius 1 is 1.29 bits per heavy atom. The van der Waals surface area contributed by atoms with Crippen LogP contribution in [0.15, 0.2) is 23.2 Å². The van der Waals surface area contributed by atoms with Crippen molar-refractivity contribution in [3.63, 3.8) is 0 Å².